The Balaban J connectivity index is 4.05. The molecule has 0 N–H and O–H groups in total. The van der Waals surface area contributed by atoms with Crippen molar-refractivity contribution in [3.63, 3.8) is 0 Å². The lowest BCUT2D eigenvalue weighted by Gasteiger charge is -2.25. The van der Waals surface area contributed by atoms with Crippen molar-refractivity contribution in [3.8, 4) is 0 Å². The minimum absolute atomic E-state index is 0.250. The van der Waals surface area contributed by atoms with Crippen molar-refractivity contribution >= 4 is 8.60 Å². The van der Waals surface area contributed by atoms with Crippen molar-refractivity contribution < 1.29 is 26.7 Å². The predicted molar refractivity (Wildman–Crippen MR) is 51.4 cm³/mol. The lowest BCUT2D eigenvalue weighted by molar-refractivity contribution is -0.157. The van der Waals surface area contributed by atoms with Crippen molar-refractivity contribution in [2.45, 2.75) is 39.5 Å². The molecule has 1 atom stereocenters. The summed E-state index contributed by atoms with van der Waals surface area (Å²) in [5.74, 6) is 0. The second-order valence-corrected chi connectivity index (χ2v) is 4.88. The Morgan fingerprint density at radius 3 is 1.93 bits per heavy atom. The fourth-order valence-electron chi connectivity index (χ4n) is 0.545. The van der Waals surface area contributed by atoms with Crippen LogP contribution in [0.4, 0.5) is 13.2 Å². The van der Waals surface area contributed by atoms with Gasteiger partial charge in [-0.05, 0) is 27.7 Å². The van der Waals surface area contributed by atoms with E-state index in [0.29, 0.717) is 0 Å². The first kappa shape index (κ1) is 15.1. The molecule has 0 rings (SSSR count). The van der Waals surface area contributed by atoms with Crippen molar-refractivity contribution in [3.05, 3.63) is 0 Å². The Morgan fingerprint density at radius 2 is 1.60 bits per heavy atom. The molecule has 0 radical (unpaired) electrons. The van der Waals surface area contributed by atoms with Gasteiger partial charge in [-0.3, -0.25) is 0 Å². The number of halogens is 3. The molecule has 0 saturated heterocycles. The van der Waals surface area contributed by atoms with Gasteiger partial charge in [0, 0.05) is 0 Å². The van der Waals surface area contributed by atoms with E-state index in [1.165, 1.54) is 0 Å². The number of hydrogen-bond acceptors (Lipinski definition) is 3. The van der Waals surface area contributed by atoms with Crippen LogP contribution in [0, 0.1) is 0 Å². The van der Waals surface area contributed by atoms with Crippen LogP contribution in [0.15, 0.2) is 0 Å². The van der Waals surface area contributed by atoms with Gasteiger partial charge in [0.05, 0.1) is 12.2 Å². The average molecular weight is 248 g/mol. The lowest BCUT2D eigenvalue weighted by Crippen LogP contribution is -2.20. The summed E-state index contributed by atoms with van der Waals surface area (Å²) in [7, 11) is -1.93. The van der Waals surface area contributed by atoms with Gasteiger partial charge in [-0.25, -0.2) is 0 Å². The maximum atomic E-state index is 11.9. The van der Waals surface area contributed by atoms with E-state index in [1.807, 2.05) is 0 Å². The zero-order valence-electron chi connectivity index (χ0n) is 9.22. The number of rotatable bonds is 5. The normalized spacial score (nSPS) is 15.4. The van der Waals surface area contributed by atoms with Crippen molar-refractivity contribution in [2.75, 3.05) is 13.2 Å². The van der Waals surface area contributed by atoms with Crippen LogP contribution >= 0.6 is 8.60 Å². The molecule has 0 amide bonds. The molecule has 0 fully saturated rings. The molecule has 0 aliphatic heterocycles. The lowest BCUT2D eigenvalue weighted by atomic mass is 10.2. The highest BCUT2D eigenvalue weighted by Gasteiger charge is 2.32. The van der Waals surface area contributed by atoms with Gasteiger partial charge in [-0.2, -0.15) is 13.2 Å². The second-order valence-electron chi connectivity index (χ2n) is 3.73. The predicted octanol–water partition coefficient (Wildman–Crippen LogP) is 3.64. The van der Waals surface area contributed by atoms with Crippen molar-refractivity contribution in [2.24, 2.45) is 0 Å². The molecule has 0 aliphatic carbocycles. The fourth-order valence-corrected chi connectivity index (χ4v) is 1.63. The zero-order chi connectivity index (χ0) is 12.1. The molecule has 1 unspecified atom stereocenters. The molecular formula is C8H16F3O3P. The zero-order valence-corrected chi connectivity index (χ0v) is 10.1. The molecule has 0 aromatic rings. The van der Waals surface area contributed by atoms with E-state index in [9.17, 15) is 13.2 Å². The summed E-state index contributed by atoms with van der Waals surface area (Å²) in [6, 6.07) is 0. The minimum Gasteiger partial charge on any atom is -0.313 e. The summed E-state index contributed by atoms with van der Waals surface area (Å²) in [5.41, 5.74) is -0.591. The third-order valence-electron chi connectivity index (χ3n) is 0.917. The van der Waals surface area contributed by atoms with E-state index in [2.05, 4.69) is 4.52 Å². The van der Waals surface area contributed by atoms with Crippen LogP contribution in [0.2, 0.25) is 0 Å². The van der Waals surface area contributed by atoms with Gasteiger partial charge in [-0.15, -0.1) is 0 Å². The Kier molecular flexibility index (Phi) is 6.03. The highest BCUT2D eigenvalue weighted by molar-refractivity contribution is 7.41. The van der Waals surface area contributed by atoms with Gasteiger partial charge >= 0.3 is 14.8 Å². The van der Waals surface area contributed by atoms with Crippen LogP contribution in [0.1, 0.15) is 27.7 Å². The summed E-state index contributed by atoms with van der Waals surface area (Å²) in [6.07, 6.45) is -4.36. The van der Waals surface area contributed by atoms with Gasteiger partial charge in [0.2, 0.25) is 0 Å². The standard InChI is InChI=1S/C8H16F3O3P/c1-5-12-15(14-7(2,3)4)13-6-8(9,10)11/h5-6H2,1-4H3. The summed E-state index contributed by atoms with van der Waals surface area (Å²) < 4.78 is 50.2. The molecule has 92 valence electrons. The summed E-state index contributed by atoms with van der Waals surface area (Å²) in [6.45, 7) is 5.72. The van der Waals surface area contributed by atoms with Crippen LogP contribution in [0.25, 0.3) is 0 Å². The molecule has 15 heavy (non-hydrogen) atoms. The molecule has 0 aromatic carbocycles. The van der Waals surface area contributed by atoms with E-state index in [4.69, 9.17) is 9.05 Å². The molecule has 0 aliphatic rings. The van der Waals surface area contributed by atoms with Gasteiger partial charge in [-0.1, -0.05) is 0 Å². The number of hydrogen-bond donors (Lipinski definition) is 0. The first-order valence-corrected chi connectivity index (χ1v) is 5.55. The monoisotopic (exact) mass is 248 g/mol. The second kappa shape index (κ2) is 5.99. The number of alkyl halides is 3. The maximum absolute atomic E-state index is 11.9. The first-order valence-electron chi connectivity index (χ1n) is 4.46. The van der Waals surface area contributed by atoms with Crippen molar-refractivity contribution in [1.29, 1.82) is 0 Å². The Hall–Kier alpha value is 0.100. The van der Waals surface area contributed by atoms with E-state index >= 15 is 0 Å². The largest absolute Gasteiger partial charge is 0.412 e. The molecule has 0 heterocycles. The molecule has 0 aromatic heterocycles. The average Bonchev–Trinajstić information content (AvgIpc) is 1.96. The van der Waals surface area contributed by atoms with E-state index in [-0.39, 0.29) is 6.61 Å². The van der Waals surface area contributed by atoms with Crippen LogP contribution in [-0.2, 0) is 13.6 Å². The van der Waals surface area contributed by atoms with Crippen LogP contribution < -0.4 is 0 Å². The smallest absolute Gasteiger partial charge is 0.313 e. The van der Waals surface area contributed by atoms with Gasteiger partial charge < -0.3 is 13.6 Å². The fraction of sp³-hybridized carbons (Fsp3) is 1.00. The van der Waals surface area contributed by atoms with Crippen LogP contribution in [0.5, 0.6) is 0 Å². The molecule has 7 heteroatoms. The van der Waals surface area contributed by atoms with Crippen molar-refractivity contribution in [1.82, 2.24) is 0 Å². The summed E-state index contributed by atoms with van der Waals surface area (Å²) >= 11 is 0. The van der Waals surface area contributed by atoms with Gasteiger partial charge in [0.25, 0.3) is 0 Å². The third-order valence-corrected chi connectivity index (χ3v) is 2.42. The van der Waals surface area contributed by atoms with Crippen LogP contribution in [0.3, 0.4) is 0 Å². The van der Waals surface area contributed by atoms with E-state index < -0.39 is 27.0 Å². The van der Waals surface area contributed by atoms with E-state index in [1.54, 1.807) is 27.7 Å². The SMILES string of the molecule is CCOP(OCC(F)(F)F)OC(C)(C)C. The summed E-state index contributed by atoms with van der Waals surface area (Å²) in [5, 5.41) is 0. The molecule has 0 bridgehead atoms. The first-order chi connectivity index (χ1) is 6.64. The topological polar surface area (TPSA) is 27.7 Å². The highest BCUT2D eigenvalue weighted by atomic mass is 31.2. The Labute approximate surface area is 88.9 Å². The van der Waals surface area contributed by atoms with Crippen LogP contribution in [-0.4, -0.2) is 25.0 Å². The maximum Gasteiger partial charge on any atom is 0.412 e. The Morgan fingerprint density at radius 1 is 1.07 bits per heavy atom. The molecule has 0 saturated carbocycles. The van der Waals surface area contributed by atoms with Gasteiger partial charge in [0.15, 0.2) is 6.61 Å². The quantitative estimate of drug-likeness (QED) is 0.695. The molecular weight excluding hydrogens is 232 g/mol. The minimum atomic E-state index is -4.36. The summed E-state index contributed by atoms with van der Waals surface area (Å²) in [4.78, 5) is 0. The molecule has 3 nitrogen and oxygen atoms in total. The highest BCUT2D eigenvalue weighted by Crippen LogP contribution is 2.44. The Bertz CT molecular complexity index is 179. The third kappa shape index (κ3) is 10.4. The molecule has 0 spiro atoms. The van der Waals surface area contributed by atoms with E-state index in [0.717, 1.165) is 0 Å². The van der Waals surface area contributed by atoms with Gasteiger partial charge in [0.1, 0.15) is 0 Å².